The lowest BCUT2D eigenvalue weighted by atomic mass is 9.52. The molecule has 22 heavy (non-hydrogen) atoms. The van der Waals surface area contributed by atoms with E-state index in [9.17, 15) is 9.59 Å². The van der Waals surface area contributed by atoms with Gasteiger partial charge in [-0.05, 0) is 62.5 Å². The Morgan fingerprint density at radius 3 is 2.00 bits per heavy atom. The largest absolute Gasteiger partial charge is 0.269 e. The molecule has 0 saturated heterocycles. The number of fused-ring (bicyclic) bond motifs is 1. The van der Waals surface area contributed by atoms with Crippen molar-refractivity contribution in [3.05, 3.63) is 35.4 Å². The topological polar surface area (TPSA) is 37.4 Å². The minimum absolute atomic E-state index is 0.0707. The van der Waals surface area contributed by atoms with Gasteiger partial charge in [-0.25, -0.2) is 0 Å². The second kappa shape index (κ2) is 4.02. The Hall–Kier alpha value is -1.16. The highest BCUT2D eigenvalue weighted by molar-refractivity contribution is 9.10. The van der Waals surface area contributed by atoms with Gasteiger partial charge in [-0.15, -0.1) is 0 Å². The van der Waals surface area contributed by atoms with E-state index in [-0.39, 0.29) is 21.7 Å². The summed E-state index contributed by atoms with van der Waals surface area (Å²) in [5.74, 6) is 1.17. The summed E-state index contributed by atoms with van der Waals surface area (Å²) in [6.45, 7) is 0. The van der Waals surface area contributed by atoms with Gasteiger partial charge in [0.05, 0.1) is 16.7 Å². The molecule has 3 nitrogen and oxygen atoms in total. The molecule has 0 spiro atoms. The van der Waals surface area contributed by atoms with Crippen LogP contribution in [0.25, 0.3) is 0 Å². The van der Waals surface area contributed by atoms with Crippen molar-refractivity contribution in [2.24, 2.45) is 11.8 Å². The fourth-order valence-corrected chi connectivity index (χ4v) is 7.42. The summed E-state index contributed by atoms with van der Waals surface area (Å²) in [6.07, 6.45) is 6.62. The van der Waals surface area contributed by atoms with Crippen LogP contribution in [0.4, 0.5) is 0 Å². The smallest absolute Gasteiger partial charge is 0.262 e. The molecular weight excluding hydrogens is 342 g/mol. The second-order valence-corrected chi connectivity index (χ2v) is 9.51. The molecule has 6 rings (SSSR count). The number of alkyl halides is 1. The van der Waals surface area contributed by atoms with Crippen LogP contribution in [0.15, 0.2) is 24.3 Å². The zero-order valence-corrected chi connectivity index (χ0v) is 13.9. The first-order valence-corrected chi connectivity index (χ1v) is 8.96. The summed E-state index contributed by atoms with van der Waals surface area (Å²) in [4.78, 5) is 27.5. The predicted molar refractivity (Wildman–Crippen MR) is 86.0 cm³/mol. The van der Waals surface area contributed by atoms with Crippen LogP contribution in [0.5, 0.6) is 0 Å². The van der Waals surface area contributed by atoms with Gasteiger partial charge in [-0.1, -0.05) is 28.1 Å². The molecule has 0 aromatic heterocycles. The van der Waals surface area contributed by atoms with Crippen LogP contribution in [-0.2, 0) is 0 Å². The Labute approximate surface area is 138 Å². The van der Waals surface area contributed by atoms with Crippen molar-refractivity contribution in [1.29, 1.82) is 0 Å². The molecule has 5 aliphatic rings. The molecule has 0 N–H and O–H groups in total. The third-order valence-corrected chi connectivity index (χ3v) is 7.16. The number of rotatable bonds is 1. The quantitative estimate of drug-likeness (QED) is 0.565. The monoisotopic (exact) mass is 359 g/mol. The molecule has 4 aliphatic carbocycles. The zero-order chi connectivity index (χ0) is 15.1. The summed E-state index contributed by atoms with van der Waals surface area (Å²) in [5.41, 5.74) is 0.930. The Balaban J connectivity index is 1.61. The minimum atomic E-state index is -0.249. The van der Waals surface area contributed by atoms with Gasteiger partial charge in [0.1, 0.15) is 0 Å². The molecule has 1 aliphatic heterocycles. The number of benzene rings is 1. The van der Waals surface area contributed by atoms with Gasteiger partial charge in [0, 0.05) is 4.32 Å². The van der Waals surface area contributed by atoms with Crippen LogP contribution in [-0.4, -0.2) is 26.6 Å². The highest BCUT2D eigenvalue weighted by atomic mass is 79.9. The van der Waals surface area contributed by atoms with Gasteiger partial charge < -0.3 is 0 Å². The van der Waals surface area contributed by atoms with Gasteiger partial charge in [0.15, 0.2) is 0 Å². The molecule has 4 saturated carbocycles. The van der Waals surface area contributed by atoms with E-state index < -0.39 is 0 Å². The molecule has 4 bridgehead atoms. The van der Waals surface area contributed by atoms with E-state index in [0.717, 1.165) is 19.3 Å². The predicted octanol–water partition coefficient (Wildman–Crippen LogP) is 3.77. The van der Waals surface area contributed by atoms with Crippen molar-refractivity contribution in [1.82, 2.24) is 4.90 Å². The van der Waals surface area contributed by atoms with Crippen molar-refractivity contribution in [3.63, 3.8) is 0 Å². The Morgan fingerprint density at radius 1 is 0.955 bits per heavy atom. The van der Waals surface area contributed by atoms with E-state index in [0.29, 0.717) is 23.0 Å². The fraction of sp³-hybridized carbons (Fsp3) is 0.556. The number of carbonyl (C=O) groups excluding carboxylic acids is 2. The van der Waals surface area contributed by atoms with E-state index in [4.69, 9.17) is 0 Å². The first-order chi connectivity index (χ1) is 10.5. The molecule has 1 heterocycles. The first-order valence-electron chi connectivity index (χ1n) is 8.17. The lowest BCUT2D eigenvalue weighted by Gasteiger charge is -2.62. The third kappa shape index (κ3) is 1.57. The molecule has 0 radical (unpaired) electrons. The van der Waals surface area contributed by atoms with Crippen molar-refractivity contribution >= 4 is 27.7 Å². The summed E-state index contributed by atoms with van der Waals surface area (Å²) >= 11 is 3.97. The summed E-state index contributed by atoms with van der Waals surface area (Å²) < 4.78 is 0.145. The number of imide groups is 1. The van der Waals surface area contributed by atoms with Crippen molar-refractivity contribution in [2.75, 3.05) is 0 Å². The fourth-order valence-electron chi connectivity index (χ4n) is 5.99. The van der Waals surface area contributed by atoms with Crippen molar-refractivity contribution in [2.45, 2.75) is 48.4 Å². The highest BCUT2D eigenvalue weighted by Gasteiger charge is 2.62. The number of halogens is 1. The summed E-state index contributed by atoms with van der Waals surface area (Å²) in [5, 5.41) is 0. The number of hydrogen-bond acceptors (Lipinski definition) is 2. The average Bonchev–Trinajstić information content (AvgIpc) is 2.69. The molecule has 2 amide bonds. The summed E-state index contributed by atoms with van der Waals surface area (Å²) in [6, 6.07) is 7.28. The van der Waals surface area contributed by atoms with E-state index >= 15 is 0 Å². The molecule has 4 heteroatoms. The maximum atomic E-state index is 12.9. The number of hydrogen-bond donors (Lipinski definition) is 0. The van der Waals surface area contributed by atoms with E-state index in [1.165, 1.54) is 19.3 Å². The molecule has 114 valence electrons. The third-order valence-electron chi connectivity index (χ3n) is 6.23. The van der Waals surface area contributed by atoms with Crippen LogP contribution in [0.1, 0.15) is 59.2 Å². The van der Waals surface area contributed by atoms with E-state index in [2.05, 4.69) is 15.9 Å². The molecule has 2 atom stereocenters. The number of carbonyl (C=O) groups is 2. The van der Waals surface area contributed by atoms with Crippen molar-refractivity contribution in [3.8, 4) is 0 Å². The van der Waals surface area contributed by atoms with Crippen molar-refractivity contribution < 1.29 is 9.59 Å². The van der Waals surface area contributed by atoms with Gasteiger partial charge in [0.2, 0.25) is 0 Å². The Kier molecular flexibility index (Phi) is 2.43. The van der Waals surface area contributed by atoms with Gasteiger partial charge >= 0.3 is 0 Å². The number of nitrogens with zero attached hydrogens (tertiary/aromatic N) is 1. The van der Waals surface area contributed by atoms with Crippen LogP contribution in [0, 0.1) is 11.8 Å². The van der Waals surface area contributed by atoms with Gasteiger partial charge in [-0.2, -0.15) is 0 Å². The van der Waals surface area contributed by atoms with E-state index in [1.807, 2.05) is 12.1 Å². The molecule has 4 fully saturated rings. The van der Waals surface area contributed by atoms with Crippen LogP contribution in [0.3, 0.4) is 0 Å². The highest BCUT2D eigenvalue weighted by Crippen LogP contribution is 2.63. The standard InChI is InChI=1S/C18H18BrNO2/c19-17-6-11-5-12(7-17)9-18(8-11,10-17)20-15(21)13-3-1-2-4-14(13)16(20)22/h1-4,11-12H,5-10H2. The Bertz CT molecular complexity index is 664. The normalized spacial score (nSPS) is 42.1. The molecule has 1 aromatic rings. The van der Waals surface area contributed by atoms with Gasteiger partial charge in [-0.3, -0.25) is 14.5 Å². The second-order valence-electron chi connectivity index (χ2n) is 7.83. The number of amides is 2. The zero-order valence-electron chi connectivity index (χ0n) is 12.3. The first kappa shape index (κ1) is 13.3. The minimum Gasteiger partial charge on any atom is -0.269 e. The SMILES string of the molecule is O=C1c2ccccc2C(=O)N1C12CC3CC(CC(Br)(C3)C1)C2. The lowest BCUT2D eigenvalue weighted by Crippen LogP contribution is -2.65. The summed E-state index contributed by atoms with van der Waals surface area (Å²) in [7, 11) is 0. The molecule has 1 aromatic carbocycles. The van der Waals surface area contributed by atoms with Gasteiger partial charge in [0.25, 0.3) is 11.8 Å². The van der Waals surface area contributed by atoms with Crippen LogP contribution < -0.4 is 0 Å². The van der Waals surface area contributed by atoms with Crippen LogP contribution >= 0.6 is 15.9 Å². The molecular formula is C18H18BrNO2. The maximum Gasteiger partial charge on any atom is 0.262 e. The van der Waals surface area contributed by atoms with Crippen LogP contribution in [0.2, 0.25) is 0 Å². The Morgan fingerprint density at radius 2 is 1.50 bits per heavy atom. The van der Waals surface area contributed by atoms with E-state index in [1.54, 1.807) is 17.0 Å². The lowest BCUT2D eigenvalue weighted by molar-refractivity contribution is -0.0488. The molecule has 2 unspecified atom stereocenters. The maximum absolute atomic E-state index is 12.9. The average molecular weight is 360 g/mol.